The summed E-state index contributed by atoms with van der Waals surface area (Å²) in [5.41, 5.74) is 7.10. The van der Waals surface area contributed by atoms with Crippen LogP contribution in [0.2, 0.25) is 0 Å². The van der Waals surface area contributed by atoms with E-state index in [-0.39, 0.29) is 11.4 Å². The van der Waals surface area contributed by atoms with Crippen molar-refractivity contribution in [3.63, 3.8) is 0 Å². The van der Waals surface area contributed by atoms with E-state index < -0.39 is 5.91 Å². The fourth-order valence-electron chi connectivity index (χ4n) is 1.83. The summed E-state index contributed by atoms with van der Waals surface area (Å²) in [7, 11) is 0. The summed E-state index contributed by atoms with van der Waals surface area (Å²) in [6.45, 7) is 0. The Morgan fingerprint density at radius 3 is 2.75 bits per heavy atom. The second-order valence-electron chi connectivity index (χ2n) is 4.20. The Kier molecular flexibility index (Phi) is 2.96. The minimum absolute atomic E-state index is 0.257. The summed E-state index contributed by atoms with van der Waals surface area (Å²) in [6.07, 6.45) is 4.88. The molecule has 0 saturated carbocycles. The molecular weight excluding hydrogens is 254 g/mol. The van der Waals surface area contributed by atoms with Gasteiger partial charge in [-0.05, 0) is 11.6 Å². The third-order valence-electron chi connectivity index (χ3n) is 2.81. The molecule has 0 aliphatic carbocycles. The van der Waals surface area contributed by atoms with E-state index in [0.29, 0.717) is 5.65 Å². The lowest BCUT2D eigenvalue weighted by Gasteiger charge is -2.02. The first-order valence-electron chi connectivity index (χ1n) is 5.97. The number of benzene rings is 1. The number of nitrogens with two attached hydrogens (primary N) is 1. The molecule has 0 saturated heterocycles. The Bertz CT molecular complexity index is 791. The van der Waals surface area contributed by atoms with E-state index in [0.717, 1.165) is 10.9 Å². The van der Waals surface area contributed by atoms with Crippen molar-refractivity contribution in [1.82, 2.24) is 20.2 Å². The van der Waals surface area contributed by atoms with Gasteiger partial charge in [0.05, 0.1) is 17.2 Å². The van der Waals surface area contributed by atoms with E-state index in [9.17, 15) is 4.79 Å². The van der Waals surface area contributed by atoms with Gasteiger partial charge in [0.15, 0.2) is 11.5 Å². The lowest BCUT2D eigenvalue weighted by Crippen LogP contribution is -2.14. The van der Waals surface area contributed by atoms with Crippen LogP contribution in [-0.2, 0) is 4.79 Å². The molecule has 0 atom stereocenters. The highest BCUT2D eigenvalue weighted by molar-refractivity contribution is 6.22. The van der Waals surface area contributed by atoms with Crippen LogP contribution >= 0.6 is 0 Å². The molecule has 20 heavy (non-hydrogen) atoms. The molecule has 6 nitrogen and oxygen atoms in total. The van der Waals surface area contributed by atoms with Crippen molar-refractivity contribution < 1.29 is 4.79 Å². The number of carbonyl (C=O) groups is 1. The van der Waals surface area contributed by atoms with Crippen molar-refractivity contribution >= 4 is 28.6 Å². The molecule has 2 heterocycles. The Balaban J connectivity index is 2.10. The maximum atomic E-state index is 11.6. The molecule has 3 rings (SSSR count). The van der Waals surface area contributed by atoms with Crippen molar-refractivity contribution in [3.05, 3.63) is 54.1 Å². The van der Waals surface area contributed by atoms with Gasteiger partial charge in [-0.1, -0.05) is 30.3 Å². The Morgan fingerprint density at radius 1 is 1.20 bits per heavy atom. The molecule has 98 valence electrons. The number of primary amides is 1. The van der Waals surface area contributed by atoms with Gasteiger partial charge >= 0.3 is 0 Å². The quantitative estimate of drug-likeness (QED) is 0.699. The second-order valence-corrected chi connectivity index (χ2v) is 4.20. The van der Waals surface area contributed by atoms with Crippen LogP contribution in [-0.4, -0.2) is 26.1 Å². The van der Waals surface area contributed by atoms with E-state index in [2.05, 4.69) is 20.2 Å². The Morgan fingerprint density at radius 2 is 2.00 bits per heavy atom. The minimum Gasteiger partial charge on any atom is -0.365 e. The normalized spacial score (nSPS) is 11.7. The number of nitrogens with one attached hydrogen (secondary N) is 1. The highest BCUT2D eigenvalue weighted by atomic mass is 16.1. The van der Waals surface area contributed by atoms with Crippen LogP contribution in [0.15, 0.2) is 42.7 Å². The standard InChI is InChI=1S/C14H11N5O/c15-12(20)11(6-9-4-2-1-3-5-9)14-16-7-10-8-17-19-13(10)18-14/h1-8H,(H2,15,20)(H,16,17,18,19)/b11-6+. The average molecular weight is 265 g/mol. The van der Waals surface area contributed by atoms with Crippen LogP contribution in [0.5, 0.6) is 0 Å². The predicted molar refractivity (Wildman–Crippen MR) is 75.2 cm³/mol. The lowest BCUT2D eigenvalue weighted by molar-refractivity contribution is -0.112. The van der Waals surface area contributed by atoms with Crippen LogP contribution in [0.4, 0.5) is 0 Å². The molecule has 1 aromatic carbocycles. The molecule has 0 bridgehead atoms. The zero-order valence-electron chi connectivity index (χ0n) is 10.4. The number of hydrogen-bond donors (Lipinski definition) is 2. The average Bonchev–Trinajstić information content (AvgIpc) is 2.93. The monoisotopic (exact) mass is 265 g/mol. The van der Waals surface area contributed by atoms with Crippen molar-refractivity contribution in [1.29, 1.82) is 0 Å². The van der Waals surface area contributed by atoms with Crippen LogP contribution in [0.1, 0.15) is 11.4 Å². The van der Waals surface area contributed by atoms with Gasteiger partial charge in [0.1, 0.15) is 0 Å². The third kappa shape index (κ3) is 2.26. The van der Waals surface area contributed by atoms with Crippen molar-refractivity contribution in [2.45, 2.75) is 0 Å². The van der Waals surface area contributed by atoms with Crippen molar-refractivity contribution in [2.24, 2.45) is 5.73 Å². The highest BCUT2D eigenvalue weighted by Crippen LogP contribution is 2.16. The number of nitrogens with zero attached hydrogens (tertiary/aromatic N) is 3. The number of amides is 1. The van der Waals surface area contributed by atoms with Crippen molar-refractivity contribution in [2.75, 3.05) is 0 Å². The largest absolute Gasteiger partial charge is 0.365 e. The molecule has 0 aliphatic heterocycles. The van der Waals surface area contributed by atoms with E-state index in [1.54, 1.807) is 18.5 Å². The molecule has 6 heteroatoms. The maximum Gasteiger partial charge on any atom is 0.252 e. The van der Waals surface area contributed by atoms with Crippen molar-refractivity contribution in [3.8, 4) is 0 Å². The summed E-state index contributed by atoms with van der Waals surface area (Å²) < 4.78 is 0. The number of rotatable bonds is 3. The third-order valence-corrected chi connectivity index (χ3v) is 2.81. The lowest BCUT2D eigenvalue weighted by atomic mass is 10.1. The highest BCUT2D eigenvalue weighted by Gasteiger charge is 2.13. The van der Waals surface area contributed by atoms with Gasteiger partial charge in [-0.3, -0.25) is 9.89 Å². The molecule has 3 aromatic rings. The van der Waals surface area contributed by atoms with Crippen LogP contribution in [0.25, 0.3) is 22.7 Å². The van der Waals surface area contributed by atoms with Crippen LogP contribution < -0.4 is 5.73 Å². The molecule has 0 spiro atoms. The summed E-state index contributed by atoms with van der Waals surface area (Å²) in [4.78, 5) is 20.0. The SMILES string of the molecule is NC(=O)/C(=C\c1ccccc1)c1ncc2cn[nH]c2n1. The topological polar surface area (TPSA) is 97.5 Å². The summed E-state index contributed by atoms with van der Waals surface area (Å²) in [5, 5.41) is 7.38. The number of aromatic amines is 1. The zero-order valence-corrected chi connectivity index (χ0v) is 10.4. The molecular formula is C14H11N5O. The predicted octanol–water partition coefficient (Wildman–Crippen LogP) is 1.38. The van der Waals surface area contributed by atoms with Gasteiger partial charge in [-0.25, -0.2) is 9.97 Å². The maximum absolute atomic E-state index is 11.6. The first kappa shape index (κ1) is 12.0. The fraction of sp³-hybridized carbons (Fsp3) is 0. The zero-order chi connectivity index (χ0) is 13.9. The van der Waals surface area contributed by atoms with Gasteiger partial charge in [0.25, 0.3) is 5.91 Å². The molecule has 1 amide bonds. The number of fused-ring (bicyclic) bond motifs is 1. The van der Waals surface area contributed by atoms with Gasteiger partial charge in [-0.15, -0.1) is 0 Å². The number of aromatic nitrogens is 4. The number of hydrogen-bond acceptors (Lipinski definition) is 4. The molecule has 0 fully saturated rings. The molecule has 2 aromatic heterocycles. The molecule has 0 unspecified atom stereocenters. The summed E-state index contributed by atoms with van der Waals surface area (Å²) >= 11 is 0. The first-order chi connectivity index (χ1) is 9.74. The van der Waals surface area contributed by atoms with E-state index in [1.165, 1.54) is 0 Å². The summed E-state index contributed by atoms with van der Waals surface area (Å²) in [6, 6.07) is 9.40. The molecule has 0 aliphatic rings. The minimum atomic E-state index is -0.576. The fourth-order valence-corrected chi connectivity index (χ4v) is 1.83. The van der Waals surface area contributed by atoms with Gasteiger partial charge in [0, 0.05) is 6.20 Å². The van der Waals surface area contributed by atoms with Gasteiger partial charge in [-0.2, -0.15) is 5.10 Å². The number of carbonyl (C=O) groups excluding carboxylic acids is 1. The van der Waals surface area contributed by atoms with Gasteiger partial charge < -0.3 is 5.73 Å². The van der Waals surface area contributed by atoms with E-state index in [1.807, 2.05) is 30.3 Å². The second kappa shape index (κ2) is 4.93. The first-order valence-corrected chi connectivity index (χ1v) is 5.97. The van der Waals surface area contributed by atoms with Crippen LogP contribution in [0, 0.1) is 0 Å². The molecule has 3 N–H and O–H groups in total. The van der Waals surface area contributed by atoms with E-state index >= 15 is 0 Å². The van der Waals surface area contributed by atoms with Crippen LogP contribution in [0.3, 0.4) is 0 Å². The Hall–Kier alpha value is -3.02. The smallest absolute Gasteiger partial charge is 0.252 e. The number of H-pyrrole nitrogens is 1. The molecule has 0 radical (unpaired) electrons. The Labute approximate surface area is 114 Å². The van der Waals surface area contributed by atoms with Gasteiger partial charge in [0.2, 0.25) is 0 Å². The summed E-state index contributed by atoms with van der Waals surface area (Å²) in [5.74, 6) is -0.300. The van der Waals surface area contributed by atoms with E-state index in [4.69, 9.17) is 5.73 Å².